The van der Waals surface area contributed by atoms with Crippen molar-refractivity contribution in [1.29, 1.82) is 0 Å². The highest BCUT2D eigenvalue weighted by atomic mass is 32.1. The minimum absolute atomic E-state index is 0.205. The number of nitrogens with one attached hydrogen (secondary N) is 1. The van der Waals surface area contributed by atoms with Gasteiger partial charge in [-0.05, 0) is 13.3 Å². The lowest BCUT2D eigenvalue weighted by molar-refractivity contribution is 0.0922. The van der Waals surface area contributed by atoms with Gasteiger partial charge in [0, 0.05) is 20.1 Å². The Balaban J connectivity index is 2.43. The van der Waals surface area contributed by atoms with Crippen molar-refractivity contribution in [2.24, 2.45) is 0 Å². The first-order valence-corrected chi connectivity index (χ1v) is 7.36. The van der Waals surface area contributed by atoms with Crippen LogP contribution in [0.2, 0.25) is 0 Å². The van der Waals surface area contributed by atoms with Crippen molar-refractivity contribution < 1.29 is 9.53 Å². The minimum atomic E-state index is -0.205. The summed E-state index contributed by atoms with van der Waals surface area (Å²) in [5.74, 6) is 0.0680. The molecule has 1 aromatic heterocycles. The fourth-order valence-corrected chi connectivity index (χ4v) is 2.29. The second kappa shape index (κ2) is 8.55. The molecule has 20 heavy (non-hydrogen) atoms. The van der Waals surface area contributed by atoms with E-state index in [0.717, 1.165) is 18.1 Å². The van der Waals surface area contributed by atoms with Crippen LogP contribution in [0.15, 0.2) is 12.7 Å². The molecule has 112 valence electrons. The van der Waals surface area contributed by atoms with Gasteiger partial charge in [0.1, 0.15) is 10.7 Å². The molecule has 1 amide bonds. The van der Waals surface area contributed by atoms with Gasteiger partial charge >= 0.3 is 0 Å². The molecule has 0 unspecified atom stereocenters. The van der Waals surface area contributed by atoms with Crippen molar-refractivity contribution in [3.05, 3.63) is 17.5 Å². The Morgan fingerprint density at radius 3 is 3.00 bits per heavy atom. The summed E-state index contributed by atoms with van der Waals surface area (Å²) in [6.07, 6.45) is 2.60. The van der Waals surface area contributed by atoms with Crippen LogP contribution in [0.25, 0.3) is 0 Å². The molecule has 0 aliphatic carbocycles. The summed E-state index contributed by atoms with van der Waals surface area (Å²) in [5.41, 5.74) is 5.77. The summed E-state index contributed by atoms with van der Waals surface area (Å²) in [6.45, 7) is 7.97. The van der Waals surface area contributed by atoms with Crippen molar-refractivity contribution in [2.45, 2.75) is 13.3 Å². The third-order valence-electron chi connectivity index (χ3n) is 2.65. The fourth-order valence-electron chi connectivity index (χ4n) is 1.37. The Hall–Kier alpha value is -1.60. The molecular weight excluding hydrogens is 276 g/mol. The number of rotatable bonds is 9. The molecule has 1 heterocycles. The van der Waals surface area contributed by atoms with Crippen LogP contribution in [0.4, 0.5) is 10.9 Å². The predicted octanol–water partition coefficient (Wildman–Crippen LogP) is 1.50. The number of nitrogens with two attached hydrogens (primary N) is 1. The van der Waals surface area contributed by atoms with Gasteiger partial charge in [-0.3, -0.25) is 4.79 Å². The molecule has 0 saturated heterocycles. The summed E-state index contributed by atoms with van der Waals surface area (Å²) in [7, 11) is 1.91. The van der Waals surface area contributed by atoms with Crippen LogP contribution in [0.1, 0.15) is 23.0 Å². The van der Waals surface area contributed by atoms with E-state index in [-0.39, 0.29) is 11.7 Å². The third kappa shape index (κ3) is 4.82. The van der Waals surface area contributed by atoms with Crippen molar-refractivity contribution >= 4 is 28.2 Å². The maximum atomic E-state index is 12.0. The number of hydrogen-bond donors (Lipinski definition) is 2. The lowest BCUT2D eigenvalue weighted by Gasteiger charge is -2.10. The highest BCUT2D eigenvalue weighted by molar-refractivity contribution is 7.18. The average molecular weight is 298 g/mol. The molecule has 0 bridgehead atoms. The van der Waals surface area contributed by atoms with Gasteiger partial charge in [-0.25, -0.2) is 4.98 Å². The van der Waals surface area contributed by atoms with Crippen LogP contribution in [-0.2, 0) is 4.74 Å². The number of carbonyl (C=O) groups excluding carboxylic acids is 1. The van der Waals surface area contributed by atoms with Gasteiger partial charge in [-0.2, -0.15) is 0 Å². The standard InChI is InChI=1S/C13H22N4O2S/c1-4-6-8-19-9-7-15-12(18)10-11(14)16-13(20-10)17(3)5-2/h4H,1,5-9,14H2,2-3H3,(H,15,18). The first kappa shape index (κ1) is 16.5. The summed E-state index contributed by atoms with van der Waals surface area (Å²) in [5, 5.41) is 3.52. The zero-order chi connectivity index (χ0) is 15.0. The van der Waals surface area contributed by atoms with Gasteiger partial charge in [0.2, 0.25) is 0 Å². The zero-order valence-corrected chi connectivity index (χ0v) is 12.8. The molecule has 0 aliphatic heterocycles. The number of ether oxygens (including phenoxy) is 1. The molecule has 0 aliphatic rings. The van der Waals surface area contributed by atoms with E-state index in [1.807, 2.05) is 18.9 Å². The highest BCUT2D eigenvalue weighted by Crippen LogP contribution is 2.26. The molecule has 0 spiro atoms. The first-order valence-electron chi connectivity index (χ1n) is 6.54. The van der Waals surface area contributed by atoms with E-state index >= 15 is 0 Å². The van der Waals surface area contributed by atoms with E-state index in [4.69, 9.17) is 10.5 Å². The number of hydrogen-bond acceptors (Lipinski definition) is 6. The fraction of sp³-hybridized carbons (Fsp3) is 0.538. The number of nitrogen functional groups attached to an aromatic ring is 1. The van der Waals surface area contributed by atoms with Gasteiger partial charge in [0.15, 0.2) is 5.13 Å². The monoisotopic (exact) mass is 298 g/mol. The van der Waals surface area contributed by atoms with Gasteiger partial charge < -0.3 is 20.7 Å². The topological polar surface area (TPSA) is 80.5 Å². The smallest absolute Gasteiger partial charge is 0.265 e. The van der Waals surface area contributed by atoms with E-state index < -0.39 is 0 Å². The number of aromatic nitrogens is 1. The van der Waals surface area contributed by atoms with Crippen molar-refractivity contribution in [1.82, 2.24) is 10.3 Å². The quantitative estimate of drug-likeness (QED) is 0.533. The van der Waals surface area contributed by atoms with Crippen LogP contribution in [0.5, 0.6) is 0 Å². The van der Waals surface area contributed by atoms with Crippen LogP contribution >= 0.6 is 11.3 Å². The number of thiazole rings is 1. The number of carbonyl (C=O) groups is 1. The van der Waals surface area contributed by atoms with Crippen molar-refractivity contribution in [2.75, 3.05) is 44.0 Å². The van der Waals surface area contributed by atoms with Crippen molar-refractivity contribution in [3.8, 4) is 0 Å². The Bertz CT molecular complexity index is 448. The van der Waals surface area contributed by atoms with Crippen LogP contribution in [-0.4, -0.2) is 44.2 Å². The molecule has 0 radical (unpaired) electrons. The molecule has 1 aromatic rings. The number of anilines is 2. The summed E-state index contributed by atoms with van der Waals surface area (Å²) in [6, 6.07) is 0. The average Bonchev–Trinajstić information content (AvgIpc) is 2.83. The maximum absolute atomic E-state index is 12.0. The normalized spacial score (nSPS) is 10.3. The Kier molecular flexibility index (Phi) is 7.03. The van der Waals surface area contributed by atoms with E-state index in [2.05, 4.69) is 16.9 Å². The highest BCUT2D eigenvalue weighted by Gasteiger charge is 2.17. The Labute approximate surface area is 123 Å². The van der Waals surface area contributed by atoms with Crippen LogP contribution < -0.4 is 16.0 Å². The predicted molar refractivity (Wildman–Crippen MR) is 83.4 cm³/mol. The SMILES string of the molecule is C=CCCOCCNC(=O)c1sc(N(C)CC)nc1N. The van der Waals surface area contributed by atoms with Crippen LogP contribution in [0, 0.1) is 0 Å². The lowest BCUT2D eigenvalue weighted by atomic mass is 10.4. The Morgan fingerprint density at radius 1 is 1.60 bits per heavy atom. The molecule has 0 fully saturated rings. The molecule has 7 heteroatoms. The third-order valence-corrected chi connectivity index (χ3v) is 3.83. The molecule has 1 rings (SSSR count). The van der Waals surface area contributed by atoms with Gasteiger partial charge in [0.05, 0.1) is 13.2 Å². The van der Waals surface area contributed by atoms with E-state index in [1.165, 1.54) is 11.3 Å². The lowest BCUT2D eigenvalue weighted by Crippen LogP contribution is -2.27. The van der Waals surface area contributed by atoms with Crippen LogP contribution in [0.3, 0.4) is 0 Å². The minimum Gasteiger partial charge on any atom is -0.382 e. The van der Waals surface area contributed by atoms with E-state index in [0.29, 0.717) is 24.6 Å². The molecule has 0 atom stereocenters. The molecular formula is C13H22N4O2S. The molecule has 3 N–H and O–H groups in total. The van der Waals surface area contributed by atoms with Gasteiger partial charge in [-0.15, -0.1) is 6.58 Å². The maximum Gasteiger partial charge on any atom is 0.265 e. The Morgan fingerprint density at radius 2 is 2.35 bits per heavy atom. The molecule has 0 aromatic carbocycles. The van der Waals surface area contributed by atoms with E-state index in [9.17, 15) is 4.79 Å². The largest absolute Gasteiger partial charge is 0.382 e. The second-order valence-corrected chi connectivity index (χ2v) is 5.15. The van der Waals surface area contributed by atoms with E-state index in [1.54, 1.807) is 6.08 Å². The summed E-state index contributed by atoms with van der Waals surface area (Å²) >= 11 is 1.30. The first-order chi connectivity index (χ1) is 9.60. The van der Waals surface area contributed by atoms with Gasteiger partial charge in [0.25, 0.3) is 5.91 Å². The summed E-state index contributed by atoms with van der Waals surface area (Å²) in [4.78, 5) is 18.5. The summed E-state index contributed by atoms with van der Waals surface area (Å²) < 4.78 is 5.31. The van der Waals surface area contributed by atoms with Crippen molar-refractivity contribution in [3.63, 3.8) is 0 Å². The van der Waals surface area contributed by atoms with Gasteiger partial charge in [-0.1, -0.05) is 17.4 Å². The molecule has 0 saturated carbocycles. The number of amides is 1. The zero-order valence-electron chi connectivity index (χ0n) is 12.0. The second-order valence-electron chi connectivity index (χ2n) is 4.17. The number of nitrogens with zero attached hydrogens (tertiary/aromatic N) is 2. The molecule has 6 nitrogen and oxygen atoms in total.